The third-order valence-electron chi connectivity index (χ3n) is 5.09. The Morgan fingerprint density at radius 3 is 2.80 bits per heavy atom. The molecule has 3 rings (SSSR count). The Bertz CT molecular complexity index is 628. The van der Waals surface area contributed by atoms with Crippen LogP contribution in [0.2, 0.25) is 0 Å². The van der Waals surface area contributed by atoms with Crippen molar-refractivity contribution < 1.29 is 9.59 Å². The van der Waals surface area contributed by atoms with Gasteiger partial charge in [0.15, 0.2) is 0 Å². The van der Waals surface area contributed by atoms with Crippen LogP contribution in [-0.4, -0.2) is 53.4 Å². The second kappa shape index (κ2) is 7.80. The van der Waals surface area contributed by atoms with Crippen molar-refractivity contribution >= 4 is 17.8 Å². The summed E-state index contributed by atoms with van der Waals surface area (Å²) in [5.74, 6) is 0.441. The predicted molar refractivity (Wildman–Crippen MR) is 94.9 cm³/mol. The van der Waals surface area contributed by atoms with Gasteiger partial charge in [0.1, 0.15) is 0 Å². The number of carbonyl (C=O) groups excluding carboxylic acids is 2. The van der Waals surface area contributed by atoms with Gasteiger partial charge in [0.25, 0.3) is 0 Å². The van der Waals surface area contributed by atoms with Crippen molar-refractivity contribution in [1.29, 1.82) is 0 Å². The number of hydrogen-bond donors (Lipinski definition) is 1. The Morgan fingerprint density at radius 1 is 1.32 bits per heavy atom. The van der Waals surface area contributed by atoms with E-state index >= 15 is 0 Å². The monoisotopic (exact) mass is 345 g/mol. The number of amides is 2. The fraction of sp³-hybridized carbons (Fsp3) is 0.667. The minimum absolute atomic E-state index is 0.0586. The maximum atomic E-state index is 12.5. The minimum Gasteiger partial charge on any atom is -0.350 e. The molecule has 1 aliphatic carbocycles. The van der Waals surface area contributed by atoms with Crippen LogP contribution in [0.25, 0.3) is 0 Å². The standard InChI is InChI=1S/C18H27N5O2/c1-22(2)18-19-9-8-14(21-18)11-20-17(25)13-10-16(24)23(12-13)15-6-4-3-5-7-15/h8-9,13,15H,3-7,10-12H2,1-2H3,(H,20,25). The molecule has 1 aromatic rings. The second-order valence-corrected chi connectivity index (χ2v) is 7.20. The van der Waals surface area contributed by atoms with Gasteiger partial charge < -0.3 is 15.1 Å². The molecule has 2 aliphatic rings. The van der Waals surface area contributed by atoms with E-state index in [2.05, 4.69) is 15.3 Å². The van der Waals surface area contributed by atoms with Crippen LogP contribution in [0, 0.1) is 5.92 Å². The van der Waals surface area contributed by atoms with Crippen LogP contribution in [0.5, 0.6) is 0 Å². The predicted octanol–water partition coefficient (Wildman–Crippen LogP) is 1.34. The van der Waals surface area contributed by atoms with E-state index in [1.807, 2.05) is 23.9 Å². The summed E-state index contributed by atoms with van der Waals surface area (Å²) in [7, 11) is 3.75. The molecule has 2 fully saturated rings. The summed E-state index contributed by atoms with van der Waals surface area (Å²) < 4.78 is 0. The normalized spacial score (nSPS) is 21.4. The lowest BCUT2D eigenvalue weighted by Crippen LogP contribution is -2.39. The topological polar surface area (TPSA) is 78.4 Å². The fourth-order valence-corrected chi connectivity index (χ4v) is 3.67. The van der Waals surface area contributed by atoms with Crippen molar-refractivity contribution in [2.24, 2.45) is 5.92 Å². The van der Waals surface area contributed by atoms with Gasteiger partial charge in [-0.15, -0.1) is 0 Å². The van der Waals surface area contributed by atoms with E-state index in [0.717, 1.165) is 18.5 Å². The number of anilines is 1. The first-order chi connectivity index (χ1) is 12.0. The van der Waals surface area contributed by atoms with Gasteiger partial charge in [-0.2, -0.15) is 0 Å². The molecule has 0 spiro atoms. The first-order valence-corrected chi connectivity index (χ1v) is 9.11. The van der Waals surface area contributed by atoms with Crippen LogP contribution in [-0.2, 0) is 16.1 Å². The highest BCUT2D eigenvalue weighted by Crippen LogP contribution is 2.28. The van der Waals surface area contributed by atoms with Crippen molar-refractivity contribution in [2.75, 3.05) is 25.5 Å². The number of likely N-dealkylation sites (tertiary alicyclic amines) is 1. The molecule has 1 aliphatic heterocycles. The average molecular weight is 345 g/mol. The maximum absolute atomic E-state index is 12.5. The van der Waals surface area contributed by atoms with E-state index in [1.54, 1.807) is 12.3 Å². The second-order valence-electron chi connectivity index (χ2n) is 7.20. The van der Waals surface area contributed by atoms with Gasteiger partial charge in [-0.25, -0.2) is 9.97 Å². The molecule has 2 heterocycles. The largest absolute Gasteiger partial charge is 0.350 e. The number of rotatable bonds is 5. The van der Waals surface area contributed by atoms with Gasteiger partial charge in [-0.3, -0.25) is 9.59 Å². The lowest BCUT2D eigenvalue weighted by Gasteiger charge is -2.31. The summed E-state index contributed by atoms with van der Waals surface area (Å²) in [5, 5.41) is 2.92. The van der Waals surface area contributed by atoms with E-state index in [-0.39, 0.29) is 17.7 Å². The van der Waals surface area contributed by atoms with Gasteiger partial charge in [-0.05, 0) is 18.9 Å². The Kier molecular flexibility index (Phi) is 5.50. The molecule has 1 N–H and O–H groups in total. The first kappa shape index (κ1) is 17.6. The number of nitrogens with one attached hydrogen (secondary N) is 1. The highest BCUT2D eigenvalue weighted by atomic mass is 16.2. The van der Waals surface area contributed by atoms with Gasteiger partial charge >= 0.3 is 0 Å². The van der Waals surface area contributed by atoms with Gasteiger partial charge in [0.05, 0.1) is 18.2 Å². The fourth-order valence-electron chi connectivity index (χ4n) is 3.67. The van der Waals surface area contributed by atoms with Gasteiger partial charge in [-0.1, -0.05) is 19.3 Å². The zero-order valence-electron chi connectivity index (χ0n) is 15.1. The molecule has 7 heteroatoms. The van der Waals surface area contributed by atoms with Crippen molar-refractivity contribution in [2.45, 2.75) is 51.1 Å². The molecule has 25 heavy (non-hydrogen) atoms. The van der Waals surface area contributed by atoms with Crippen LogP contribution < -0.4 is 10.2 Å². The Labute approximate surface area is 148 Å². The smallest absolute Gasteiger partial charge is 0.225 e. The van der Waals surface area contributed by atoms with Crippen LogP contribution in [0.3, 0.4) is 0 Å². The molecule has 0 bridgehead atoms. The van der Waals surface area contributed by atoms with E-state index in [4.69, 9.17) is 0 Å². The molecule has 1 unspecified atom stereocenters. The number of nitrogens with zero attached hydrogens (tertiary/aromatic N) is 4. The van der Waals surface area contributed by atoms with Gasteiger partial charge in [0, 0.05) is 39.3 Å². The van der Waals surface area contributed by atoms with Crippen molar-refractivity contribution in [1.82, 2.24) is 20.2 Å². The minimum atomic E-state index is -0.246. The summed E-state index contributed by atoms with van der Waals surface area (Å²) in [5.41, 5.74) is 0.764. The zero-order valence-corrected chi connectivity index (χ0v) is 15.1. The summed E-state index contributed by atoms with van der Waals surface area (Å²) in [6.45, 7) is 0.915. The molecule has 1 saturated carbocycles. The van der Waals surface area contributed by atoms with Crippen LogP contribution in [0.1, 0.15) is 44.2 Å². The average Bonchev–Trinajstić information content (AvgIpc) is 3.02. The molecular formula is C18H27N5O2. The summed E-state index contributed by atoms with van der Waals surface area (Å²) >= 11 is 0. The van der Waals surface area contributed by atoms with Crippen molar-refractivity contribution in [3.8, 4) is 0 Å². The SMILES string of the molecule is CN(C)c1nccc(CNC(=O)C2CC(=O)N(C3CCCCC3)C2)n1. The Morgan fingerprint density at radius 2 is 2.08 bits per heavy atom. The number of hydrogen-bond acceptors (Lipinski definition) is 5. The lowest BCUT2D eigenvalue weighted by molar-refractivity contribution is -0.130. The first-order valence-electron chi connectivity index (χ1n) is 9.11. The van der Waals surface area contributed by atoms with Crippen LogP contribution in [0.4, 0.5) is 5.95 Å². The van der Waals surface area contributed by atoms with E-state index < -0.39 is 0 Å². The Hall–Kier alpha value is -2.18. The molecule has 1 aromatic heterocycles. The lowest BCUT2D eigenvalue weighted by atomic mass is 9.94. The quantitative estimate of drug-likeness (QED) is 0.871. The molecule has 1 atom stereocenters. The van der Waals surface area contributed by atoms with Crippen LogP contribution >= 0.6 is 0 Å². The number of carbonyl (C=O) groups is 2. The molecular weight excluding hydrogens is 318 g/mol. The zero-order chi connectivity index (χ0) is 17.8. The van der Waals surface area contributed by atoms with Gasteiger partial charge in [0.2, 0.25) is 17.8 Å². The third-order valence-corrected chi connectivity index (χ3v) is 5.09. The molecule has 0 aromatic carbocycles. The van der Waals surface area contributed by atoms with Crippen molar-refractivity contribution in [3.63, 3.8) is 0 Å². The molecule has 136 valence electrons. The summed E-state index contributed by atoms with van der Waals surface area (Å²) in [6.07, 6.45) is 7.81. The number of aromatic nitrogens is 2. The summed E-state index contributed by atoms with van der Waals surface area (Å²) in [4.78, 5) is 37.1. The highest BCUT2D eigenvalue weighted by molar-refractivity contribution is 5.89. The van der Waals surface area contributed by atoms with E-state index in [1.165, 1.54) is 19.3 Å². The molecule has 0 radical (unpaired) electrons. The highest BCUT2D eigenvalue weighted by Gasteiger charge is 2.37. The maximum Gasteiger partial charge on any atom is 0.225 e. The Balaban J connectivity index is 1.53. The van der Waals surface area contributed by atoms with Crippen LogP contribution in [0.15, 0.2) is 12.3 Å². The van der Waals surface area contributed by atoms with Crippen molar-refractivity contribution in [3.05, 3.63) is 18.0 Å². The van der Waals surface area contributed by atoms with E-state index in [9.17, 15) is 9.59 Å². The molecule has 2 amide bonds. The summed E-state index contributed by atoms with van der Waals surface area (Å²) in [6, 6.07) is 2.13. The third kappa shape index (κ3) is 4.27. The molecule has 7 nitrogen and oxygen atoms in total. The molecule has 1 saturated heterocycles. The van der Waals surface area contributed by atoms with E-state index in [0.29, 0.717) is 31.5 Å².